The molecule has 222 valence electrons. The molecule has 11 heteroatoms. The number of primary amides is 1. The fraction of sp³-hybridized carbons (Fsp3) is 0.586. The van der Waals surface area contributed by atoms with Crippen molar-refractivity contribution in [3.8, 4) is 0 Å². The van der Waals surface area contributed by atoms with E-state index < -0.39 is 65.9 Å². The third kappa shape index (κ3) is 8.44. The van der Waals surface area contributed by atoms with E-state index in [0.717, 1.165) is 6.08 Å². The van der Waals surface area contributed by atoms with E-state index in [2.05, 4.69) is 5.32 Å². The number of ketones is 2. The summed E-state index contributed by atoms with van der Waals surface area (Å²) in [4.78, 5) is 50.1. The number of amides is 2. The molecule has 1 heterocycles. The number of aliphatic hydroxyl groups excluding tert-OH is 1. The van der Waals surface area contributed by atoms with Gasteiger partial charge in [-0.05, 0) is 38.2 Å². The smallest absolute Gasteiger partial charge is 0.405 e. The van der Waals surface area contributed by atoms with Gasteiger partial charge in [-0.15, -0.1) is 0 Å². The van der Waals surface area contributed by atoms with Crippen molar-refractivity contribution in [2.24, 2.45) is 23.5 Å². The van der Waals surface area contributed by atoms with Crippen LogP contribution in [0.1, 0.15) is 40.5 Å². The zero-order chi connectivity index (χ0) is 30.1. The zero-order valence-electron chi connectivity index (χ0n) is 24.2. The van der Waals surface area contributed by atoms with E-state index in [1.807, 2.05) is 6.92 Å². The average molecular weight is 563 g/mol. The van der Waals surface area contributed by atoms with Crippen LogP contribution >= 0.6 is 0 Å². The summed E-state index contributed by atoms with van der Waals surface area (Å²) in [5, 5.41) is 13.9. The minimum absolute atomic E-state index is 0.164. The normalized spacial score (nSPS) is 36.4. The quantitative estimate of drug-likeness (QED) is 0.344. The number of nitrogens with one attached hydrogen (secondary N) is 1. The Kier molecular flexibility index (Phi) is 12.4. The Morgan fingerprint density at radius 2 is 1.70 bits per heavy atom. The number of methoxy groups -OCH3 is 3. The van der Waals surface area contributed by atoms with Crippen LogP contribution in [0.3, 0.4) is 0 Å². The highest BCUT2D eigenvalue weighted by Crippen LogP contribution is 2.31. The molecular weight excluding hydrogens is 520 g/mol. The number of fused-ring (bicyclic) bond motifs is 2. The SMILES string of the molecule is COC1C2=CC(=O)C(=O)C1C[C@@H](C)C[C@H](OC)[C@H](O)[C@@H](C)/C=C(\C)C(OC(N)=O)[C@@H](OC)/C=C\C=C(/C)C(=O)N2. The molecule has 3 unspecified atom stereocenters. The molecule has 2 bridgehead atoms. The van der Waals surface area contributed by atoms with Crippen LogP contribution in [-0.4, -0.2) is 80.5 Å². The number of carbonyl (C=O) groups excluding carboxylic acids is 4. The Morgan fingerprint density at radius 3 is 2.27 bits per heavy atom. The van der Waals surface area contributed by atoms with Gasteiger partial charge < -0.3 is 35.1 Å². The Hall–Kier alpha value is -3.12. The van der Waals surface area contributed by atoms with Gasteiger partial charge in [-0.2, -0.15) is 0 Å². The number of rotatable bonds is 4. The van der Waals surface area contributed by atoms with Gasteiger partial charge in [0.05, 0.1) is 23.8 Å². The van der Waals surface area contributed by atoms with Crippen LogP contribution < -0.4 is 11.1 Å². The number of Topliss-reactive ketones (excluding diaryl/α,β-unsaturated/α-hetero) is 1. The van der Waals surface area contributed by atoms with Crippen molar-refractivity contribution in [1.82, 2.24) is 5.32 Å². The second kappa shape index (κ2) is 15.0. The van der Waals surface area contributed by atoms with Gasteiger partial charge in [0.25, 0.3) is 5.91 Å². The molecule has 0 aromatic carbocycles. The van der Waals surface area contributed by atoms with Crippen molar-refractivity contribution < 1.29 is 43.2 Å². The molecule has 0 fully saturated rings. The molecule has 0 radical (unpaired) electrons. The average Bonchev–Trinajstić information content (AvgIpc) is 2.90. The van der Waals surface area contributed by atoms with Crippen LogP contribution in [0.4, 0.5) is 4.79 Å². The van der Waals surface area contributed by atoms with Gasteiger partial charge in [0, 0.05) is 38.9 Å². The van der Waals surface area contributed by atoms with Crippen molar-refractivity contribution in [3.05, 3.63) is 47.2 Å². The standard InChI is InChI=1S/C29H42N2O9/c1-15-11-19-25(34)21(32)14-20(27(19)39-7)31-28(35)16(2)9-8-10-22(37-5)26(40-29(30)36)18(4)13-17(3)24(33)23(12-15)38-6/h8-10,13-15,17,19,22-24,26-27,33H,11-12H2,1-7H3,(H2,30,36)(H,31,35)/b10-8-,16-9+,18-13+/t15-,17+,19?,22+,23+,24-,26?,27?/m1/s1. The maximum Gasteiger partial charge on any atom is 0.405 e. The second-order valence-corrected chi connectivity index (χ2v) is 10.4. The van der Waals surface area contributed by atoms with Crippen molar-refractivity contribution >= 4 is 23.6 Å². The third-order valence-electron chi connectivity index (χ3n) is 7.36. The predicted octanol–water partition coefficient (Wildman–Crippen LogP) is 2.14. The van der Waals surface area contributed by atoms with Gasteiger partial charge in [0.15, 0.2) is 6.10 Å². The summed E-state index contributed by atoms with van der Waals surface area (Å²) >= 11 is 0. The molecule has 2 amide bonds. The molecule has 1 aliphatic heterocycles. The maximum atomic E-state index is 13.0. The molecule has 11 nitrogen and oxygen atoms in total. The van der Waals surface area contributed by atoms with Crippen molar-refractivity contribution in [2.45, 2.75) is 71.1 Å². The first-order chi connectivity index (χ1) is 18.8. The molecule has 0 aromatic rings. The number of nitrogens with two attached hydrogens (primary N) is 1. The number of ether oxygens (including phenoxy) is 4. The van der Waals surface area contributed by atoms with Crippen LogP contribution in [0.15, 0.2) is 47.2 Å². The summed E-state index contributed by atoms with van der Waals surface area (Å²) < 4.78 is 22.1. The predicted molar refractivity (Wildman–Crippen MR) is 147 cm³/mol. The van der Waals surface area contributed by atoms with Crippen LogP contribution in [0.2, 0.25) is 0 Å². The van der Waals surface area contributed by atoms with E-state index >= 15 is 0 Å². The highest BCUT2D eigenvalue weighted by molar-refractivity contribution is 6.43. The Balaban J connectivity index is 2.59. The van der Waals surface area contributed by atoms with Gasteiger partial charge in [-0.1, -0.05) is 38.2 Å². The number of hydrogen-bond donors (Lipinski definition) is 3. The minimum atomic E-state index is -0.995. The van der Waals surface area contributed by atoms with E-state index in [1.54, 1.807) is 39.0 Å². The van der Waals surface area contributed by atoms with Gasteiger partial charge in [0.2, 0.25) is 11.6 Å². The number of allylic oxidation sites excluding steroid dienone is 3. The zero-order valence-corrected chi connectivity index (χ0v) is 24.2. The fourth-order valence-electron chi connectivity index (χ4n) is 5.17. The van der Waals surface area contributed by atoms with Gasteiger partial charge >= 0.3 is 6.09 Å². The van der Waals surface area contributed by atoms with Crippen LogP contribution in [0, 0.1) is 17.8 Å². The van der Waals surface area contributed by atoms with E-state index in [4.69, 9.17) is 24.7 Å². The Bertz CT molecular complexity index is 1080. The molecule has 4 N–H and O–H groups in total. The minimum Gasteiger partial charge on any atom is -0.439 e. The lowest BCUT2D eigenvalue weighted by Crippen LogP contribution is -2.45. The summed E-state index contributed by atoms with van der Waals surface area (Å²) in [7, 11) is 4.34. The van der Waals surface area contributed by atoms with Crippen LogP contribution in [-0.2, 0) is 33.3 Å². The van der Waals surface area contributed by atoms with Crippen LogP contribution in [0.25, 0.3) is 0 Å². The monoisotopic (exact) mass is 562 g/mol. The van der Waals surface area contributed by atoms with Crippen molar-refractivity contribution in [3.63, 3.8) is 0 Å². The van der Waals surface area contributed by atoms with E-state index in [1.165, 1.54) is 27.4 Å². The van der Waals surface area contributed by atoms with E-state index in [0.29, 0.717) is 17.6 Å². The summed E-state index contributed by atoms with van der Waals surface area (Å²) in [6.07, 6.45) is 3.18. The first kappa shape index (κ1) is 33.1. The third-order valence-corrected chi connectivity index (χ3v) is 7.36. The van der Waals surface area contributed by atoms with E-state index in [-0.39, 0.29) is 18.0 Å². The molecule has 40 heavy (non-hydrogen) atoms. The first-order valence-electron chi connectivity index (χ1n) is 13.2. The van der Waals surface area contributed by atoms with Gasteiger partial charge in [0.1, 0.15) is 12.2 Å². The molecule has 0 aromatic heterocycles. The molecule has 0 saturated heterocycles. The summed E-state index contributed by atoms with van der Waals surface area (Å²) in [6.45, 7) is 7.02. The summed E-state index contributed by atoms with van der Waals surface area (Å²) in [6, 6.07) is 0. The summed E-state index contributed by atoms with van der Waals surface area (Å²) in [5.41, 5.74) is 6.42. The van der Waals surface area contributed by atoms with E-state index in [9.17, 15) is 24.3 Å². The lowest BCUT2D eigenvalue weighted by molar-refractivity contribution is -0.140. The Labute approximate surface area is 235 Å². The molecule has 2 rings (SSSR count). The highest BCUT2D eigenvalue weighted by atomic mass is 16.6. The largest absolute Gasteiger partial charge is 0.439 e. The number of hydrogen-bond acceptors (Lipinski definition) is 9. The molecule has 0 saturated carbocycles. The molecule has 0 spiro atoms. The molecule has 1 aliphatic carbocycles. The van der Waals surface area contributed by atoms with Crippen molar-refractivity contribution in [2.75, 3.05) is 21.3 Å². The highest BCUT2D eigenvalue weighted by Gasteiger charge is 2.41. The first-order valence-corrected chi connectivity index (χ1v) is 13.2. The maximum absolute atomic E-state index is 13.0. The number of aliphatic hydroxyl groups is 1. The fourth-order valence-corrected chi connectivity index (χ4v) is 5.17. The number of carbonyl (C=O) groups is 4. The topological polar surface area (TPSA) is 163 Å². The molecule has 8 atom stereocenters. The molecular formula is C29H42N2O9. The summed E-state index contributed by atoms with van der Waals surface area (Å²) in [5.74, 6) is -3.20. The lowest BCUT2D eigenvalue weighted by Gasteiger charge is -2.33. The second-order valence-electron chi connectivity index (χ2n) is 10.4. The van der Waals surface area contributed by atoms with Gasteiger partial charge in [-0.3, -0.25) is 14.4 Å². The Morgan fingerprint density at radius 1 is 1.02 bits per heavy atom. The molecule has 2 aliphatic rings. The van der Waals surface area contributed by atoms with Gasteiger partial charge in [-0.25, -0.2) is 4.79 Å². The lowest BCUT2D eigenvalue weighted by atomic mass is 9.79. The van der Waals surface area contributed by atoms with Crippen molar-refractivity contribution in [1.29, 1.82) is 0 Å². The van der Waals surface area contributed by atoms with Crippen LogP contribution in [0.5, 0.6) is 0 Å².